The number of hydrogen-bond donors (Lipinski definition) is 0. The molecule has 0 nitrogen and oxygen atoms in total. The zero-order valence-corrected chi connectivity index (χ0v) is 16.5. The lowest BCUT2D eigenvalue weighted by molar-refractivity contribution is 0.754. The molecule has 0 aliphatic heterocycles. The largest absolute Gasteiger partial charge is 0.103 e. The molecular formula is C25H32. The highest BCUT2D eigenvalue weighted by molar-refractivity contribution is 5.50. The van der Waals surface area contributed by atoms with Crippen molar-refractivity contribution in [2.45, 2.75) is 41.0 Å². The van der Waals surface area contributed by atoms with Crippen LogP contribution in [0.4, 0.5) is 0 Å². The van der Waals surface area contributed by atoms with Crippen molar-refractivity contribution in [2.75, 3.05) is 0 Å². The Hall–Kier alpha value is -2.08. The first-order chi connectivity index (χ1) is 11.8. The van der Waals surface area contributed by atoms with Gasteiger partial charge in [-0.05, 0) is 86.6 Å². The summed E-state index contributed by atoms with van der Waals surface area (Å²) in [7, 11) is 0. The van der Waals surface area contributed by atoms with Gasteiger partial charge in [0.15, 0.2) is 0 Å². The molecular weight excluding hydrogens is 300 g/mol. The third-order valence-corrected chi connectivity index (χ3v) is 5.58. The van der Waals surface area contributed by atoms with E-state index in [4.69, 9.17) is 0 Å². The Morgan fingerprint density at radius 2 is 1.80 bits per heavy atom. The molecule has 1 saturated carbocycles. The second-order valence-electron chi connectivity index (χ2n) is 7.52. The lowest BCUT2D eigenvalue weighted by Gasteiger charge is -2.12. The molecule has 25 heavy (non-hydrogen) atoms. The van der Waals surface area contributed by atoms with E-state index in [-0.39, 0.29) is 0 Å². The van der Waals surface area contributed by atoms with Crippen LogP contribution in [-0.4, -0.2) is 0 Å². The Balaban J connectivity index is 2.21. The quantitative estimate of drug-likeness (QED) is 0.375. The van der Waals surface area contributed by atoms with Crippen LogP contribution in [0.1, 0.15) is 37.5 Å². The van der Waals surface area contributed by atoms with Gasteiger partial charge in [-0.1, -0.05) is 60.7 Å². The summed E-state index contributed by atoms with van der Waals surface area (Å²) in [4.78, 5) is 0. The molecule has 1 fully saturated rings. The summed E-state index contributed by atoms with van der Waals surface area (Å²) < 4.78 is 0. The minimum atomic E-state index is 0.478. The molecule has 0 saturated heterocycles. The van der Waals surface area contributed by atoms with E-state index in [1.165, 1.54) is 33.4 Å². The highest BCUT2D eigenvalue weighted by Crippen LogP contribution is 2.55. The van der Waals surface area contributed by atoms with Crippen LogP contribution in [0.2, 0.25) is 0 Å². The van der Waals surface area contributed by atoms with Crippen molar-refractivity contribution < 1.29 is 0 Å². The van der Waals surface area contributed by atoms with Crippen LogP contribution in [0.3, 0.4) is 0 Å². The molecule has 1 aromatic carbocycles. The number of aryl methyl sites for hydroxylation is 2. The normalized spacial score (nSPS) is 23.3. The van der Waals surface area contributed by atoms with Gasteiger partial charge in [0, 0.05) is 0 Å². The highest BCUT2D eigenvalue weighted by atomic mass is 14.5. The van der Waals surface area contributed by atoms with Gasteiger partial charge in [0.05, 0.1) is 0 Å². The Morgan fingerprint density at radius 1 is 1.12 bits per heavy atom. The molecule has 0 aromatic heterocycles. The van der Waals surface area contributed by atoms with E-state index < -0.39 is 0 Å². The average molecular weight is 333 g/mol. The highest BCUT2D eigenvalue weighted by Gasteiger charge is 2.49. The van der Waals surface area contributed by atoms with Crippen LogP contribution < -0.4 is 0 Å². The number of benzene rings is 1. The van der Waals surface area contributed by atoms with Gasteiger partial charge in [0.25, 0.3) is 0 Å². The van der Waals surface area contributed by atoms with Gasteiger partial charge in [-0.25, -0.2) is 0 Å². The van der Waals surface area contributed by atoms with Gasteiger partial charge >= 0.3 is 0 Å². The Bertz CT molecular complexity index is 754. The van der Waals surface area contributed by atoms with Gasteiger partial charge in [0.1, 0.15) is 0 Å². The molecule has 0 spiro atoms. The maximum atomic E-state index is 4.44. The van der Waals surface area contributed by atoms with Gasteiger partial charge in [0.2, 0.25) is 0 Å². The second kappa shape index (κ2) is 7.87. The van der Waals surface area contributed by atoms with Crippen LogP contribution >= 0.6 is 0 Å². The monoisotopic (exact) mass is 332 g/mol. The first-order valence-corrected chi connectivity index (χ1v) is 9.18. The Kier molecular flexibility index (Phi) is 6.06. The maximum Gasteiger partial charge on any atom is -0.00586 e. The standard InChI is InChI=1S/C25H32/c1-9-17(5)13-23(16(3)4)20(8)25-22(10-2)24(25)15-21-12-11-18(6)19(7)14-21/h9-14,22,24-25H,2-3,8,15H2,1,4-7H3. The zero-order chi connectivity index (χ0) is 18.7. The van der Waals surface area contributed by atoms with Crippen molar-refractivity contribution in [3.05, 3.63) is 95.1 Å². The second-order valence-corrected chi connectivity index (χ2v) is 7.52. The summed E-state index contributed by atoms with van der Waals surface area (Å²) >= 11 is 0. The zero-order valence-electron chi connectivity index (χ0n) is 16.5. The van der Waals surface area contributed by atoms with Crippen LogP contribution in [0, 0.1) is 31.6 Å². The third kappa shape index (κ3) is 4.31. The summed E-state index contributed by atoms with van der Waals surface area (Å²) in [6, 6.07) is 6.82. The SMILES string of the molecule is C=CC1C(Cc2ccc(C)c(C)c2)C1C(=C)C(=CC(C)=CC)C(=C)C. The molecule has 3 atom stereocenters. The minimum absolute atomic E-state index is 0.478. The number of rotatable bonds is 7. The molecule has 1 aliphatic carbocycles. The fourth-order valence-electron chi connectivity index (χ4n) is 3.66. The van der Waals surface area contributed by atoms with Crippen molar-refractivity contribution in [1.82, 2.24) is 0 Å². The molecule has 0 amide bonds. The maximum absolute atomic E-state index is 4.44. The first kappa shape index (κ1) is 19.2. The van der Waals surface area contributed by atoms with E-state index in [2.05, 4.69) is 90.8 Å². The molecule has 132 valence electrons. The lowest BCUT2D eigenvalue weighted by atomic mass is 9.93. The molecule has 3 unspecified atom stereocenters. The summed E-state index contributed by atoms with van der Waals surface area (Å²) in [6.45, 7) is 23.3. The molecule has 0 heteroatoms. The lowest BCUT2D eigenvalue weighted by Crippen LogP contribution is -1.98. The first-order valence-electron chi connectivity index (χ1n) is 9.18. The Morgan fingerprint density at radius 3 is 2.32 bits per heavy atom. The summed E-state index contributed by atoms with van der Waals surface area (Å²) in [6.07, 6.45) is 7.55. The van der Waals surface area contributed by atoms with Crippen molar-refractivity contribution >= 4 is 0 Å². The van der Waals surface area contributed by atoms with E-state index in [0.29, 0.717) is 17.8 Å². The number of allylic oxidation sites excluding steroid dienone is 7. The molecule has 1 aliphatic rings. The van der Waals surface area contributed by atoms with Crippen molar-refractivity contribution in [2.24, 2.45) is 17.8 Å². The van der Waals surface area contributed by atoms with E-state index in [9.17, 15) is 0 Å². The van der Waals surface area contributed by atoms with Crippen LogP contribution in [0.25, 0.3) is 0 Å². The predicted molar refractivity (Wildman–Crippen MR) is 112 cm³/mol. The molecule has 2 rings (SSSR count). The van der Waals surface area contributed by atoms with Crippen molar-refractivity contribution in [3.63, 3.8) is 0 Å². The van der Waals surface area contributed by atoms with Crippen molar-refractivity contribution in [1.29, 1.82) is 0 Å². The third-order valence-electron chi connectivity index (χ3n) is 5.58. The average Bonchev–Trinajstić information content (AvgIpc) is 3.27. The Labute approximate surface area is 154 Å². The fraction of sp³-hybridized carbons (Fsp3) is 0.360. The van der Waals surface area contributed by atoms with E-state index >= 15 is 0 Å². The summed E-state index contributed by atoms with van der Waals surface area (Å²) in [5.41, 5.74) is 8.90. The van der Waals surface area contributed by atoms with E-state index in [0.717, 1.165) is 12.0 Å². The van der Waals surface area contributed by atoms with Crippen LogP contribution in [0.5, 0.6) is 0 Å². The summed E-state index contributed by atoms with van der Waals surface area (Å²) in [5, 5.41) is 0. The van der Waals surface area contributed by atoms with Gasteiger partial charge in [-0.2, -0.15) is 0 Å². The van der Waals surface area contributed by atoms with Gasteiger partial charge in [-0.15, -0.1) is 6.58 Å². The molecule has 0 N–H and O–H groups in total. The molecule has 0 heterocycles. The van der Waals surface area contributed by atoms with Gasteiger partial charge < -0.3 is 0 Å². The van der Waals surface area contributed by atoms with Crippen molar-refractivity contribution in [3.8, 4) is 0 Å². The molecule has 1 aromatic rings. The predicted octanol–water partition coefficient (Wildman–Crippen LogP) is 6.92. The fourth-order valence-corrected chi connectivity index (χ4v) is 3.66. The number of hydrogen-bond acceptors (Lipinski definition) is 0. The molecule has 0 bridgehead atoms. The van der Waals surface area contributed by atoms with E-state index in [1.807, 2.05) is 0 Å². The topological polar surface area (TPSA) is 0 Å². The smallest absolute Gasteiger partial charge is 0.00586 e. The molecule has 0 radical (unpaired) electrons. The van der Waals surface area contributed by atoms with Gasteiger partial charge in [-0.3, -0.25) is 0 Å². The van der Waals surface area contributed by atoms with Crippen LogP contribution in [-0.2, 0) is 6.42 Å². The van der Waals surface area contributed by atoms with E-state index in [1.54, 1.807) is 0 Å². The minimum Gasteiger partial charge on any atom is -0.103 e. The summed E-state index contributed by atoms with van der Waals surface area (Å²) in [5.74, 6) is 1.59. The van der Waals surface area contributed by atoms with Crippen LogP contribution in [0.15, 0.2) is 78.5 Å².